The molecule has 0 fully saturated rings. The standard InChI is InChI=1S/C6H8N2OS/c1-4(6(7)9)5-2-10-3-8-5/h2-4H,1H3,(H2,7,9). The summed E-state index contributed by atoms with van der Waals surface area (Å²) in [5.74, 6) is -0.586. The van der Waals surface area contributed by atoms with Crippen LogP contribution in [0.3, 0.4) is 0 Å². The van der Waals surface area contributed by atoms with Gasteiger partial charge in [-0.2, -0.15) is 0 Å². The molecule has 1 aromatic rings. The topological polar surface area (TPSA) is 56.0 Å². The average molecular weight is 156 g/mol. The molecule has 1 aromatic heterocycles. The fourth-order valence-electron chi connectivity index (χ4n) is 0.581. The van der Waals surface area contributed by atoms with Crippen molar-refractivity contribution in [2.45, 2.75) is 12.8 Å². The molecule has 0 radical (unpaired) electrons. The van der Waals surface area contributed by atoms with E-state index in [1.165, 1.54) is 11.3 Å². The fourth-order valence-corrected chi connectivity index (χ4v) is 1.23. The molecule has 2 N–H and O–H groups in total. The van der Waals surface area contributed by atoms with Crippen LogP contribution in [0.5, 0.6) is 0 Å². The lowest BCUT2D eigenvalue weighted by Crippen LogP contribution is -2.18. The van der Waals surface area contributed by atoms with E-state index in [0.717, 1.165) is 5.69 Å². The first-order valence-electron chi connectivity index (χ1n) is 2.89. The minimum absolute atomic E-state index is 0.258. The summed E-state index contributed by atoms with van der Waals surface area (Å²) >= 11 is 1.47. The van der Waals surface area contributed by atoms with Crippen molar-refractivity contribution in [3.8, 4) is 0 Å². The van der Waals surface area contributed by atoms with Crippen molar-refractivity contribution in [2.75, 3.05) is 0 Å². The van der Waals surface area contributed by atoms with Crippen LogP contribution in [0.4, 0.5) is 0 Å². The van der Waals surface area contributed by atoms with Crippen LogP contribution in [0.25, 0.3) is 0 Å². The summed E-state index contributed by atoms with van der Waals surface area (Å²) in [6.45, 7) is 1.75. The van der Waals surface area contributed by atoms with Gasteiger partial charge >= 0.3 is 0 Å². The van der Waals surface area contributed by atoms with Gasteiger partial charge in [0.1, 0.15) is 0 Å². The number of hydrogen-bond donors (Lipinski definition) is 1. The second kappa shape index (κ2) is 2.79. The number of carbonyl (C=O) groups is 1. The lowest BCUT2D eigenvalue weighted by atomic mass is 10.1. The molecule has 0 aliphatic carbocycles. The maximum absolute atomic E-state index is 10.6. The van der Waals surface area contributed by atoms with Gasteiger partial charge in [0.2, 0.25) is 5.91 Å². The van der Waals surface area contributed by atoms with E-state index < -0.39 is 0 Å². The highest BCUT2D eigenvalue weighted by Crippen LogP contribution is 2.13. The van der Waals surface area contributed by atoms with Gasteiger partial charge in [-0.15, -0.1) is 11.3 Å². The van der Waals surface area contributed by atoms with E-state index in [-0.39, 0.29) is 11.8 Å². The van der Waals surface area contributed by atoms with Gasteiger partial charge in [-0.1, -0.05) is 0 Å². The Morgan fingerprint density at radius 1 is 1.90 bits per heavy atom. The minimum atomic E-state index is -0.328. The smallest absolute Gasteiger partial charge is 0.226 e. The molecule has 54 valence electrons. The molecule has 0 saturated heterocycles. The molecular formula is C6H8N2OS. The normalized spacial score (nSPS) is 12.9. The van der Waals surface area contributed by atoms with Gasteiger partial charge in [0, 0.05) is 5.38 Å². The van der Waals surface area contributed by atoms with Gasteiger partial charge in [0.15, 0.2) is 0 Å². The fraction of sp³-hybridized carbons (Fsp3) is 0.333. The summed E-state index contributed by atoms with van der Waals surface area (Å²) < 4.78 is 0. The third-order valence-electron chi connectivity index (χ3n) is 1.32. The van der Waals surface area contributed by atoms with Crippen LogP contribution >= 0.6 is 11.3 Å². The van der Waals surface area contributed by atoms with Crippen molar-refractivity contribution in [2.24, 2.45) is 5.73 Å². The molecule has 4 heteroatoms. The monoisotopic (exact) mass is 156 g/mol. The van der Waals surface area contributed by atoms with Crippen LogP contribution in [-0.4, -0.2) is 10.9 Å². The maximum atomic E-state index is 10.6. The van der Waals surface area contributed by atoms with E-state index in [2.05, 4.69) is 4.98 Å². The molecule has 0 saturated carbocycles. The number of nitrogens with zero attached hydrogens (tertiary/aromatic N) is 1. The molecule has 1 unspecified atom stereocenters. The molecule has 1 amide bonds. The highest BCUT2D eigenvalue weighted by atomic mass is 32.1. The molecule has 3 nitrogen and oxygen atoms in total. The Bertz CT molecular complexity index is 220. The zero-order valence-corrected chi connectivity index (χ0v) is 6.39. The summed E-state index contributed by atoms with van der Waals surface area (Å²) in [6.07, 6.45) is 0. The number of rotatable bonds is 2. The van der Waals surface area contributed by atoms with Crippen LogP contribution in [0, 0.1) is 0 Å². The van der Waals surface area contributed by atoms with Crippen LogP contribution in [0.1, 0.15) is 18.5 Å². The number of carbonyl (C=O) groups excluding carboxylic acids is 1. The second-order valence-electron chi connectivity index (χ2n) is 2.04. The Hall–Kier alpha value is -0.900. The Balaban J connectivity index is 2.77. The van der Waals surface area contributed by atoms with E-state index in [1.807, 2.05) is 5.38 Å². The van der Waals surface area contributed by atoms with Crippen molar-refractivity contribution < 1.29 is 4.79 Å². The molecule has 1 heterocycles. The Morgan fingerprint density at radius 2 is 2.60 bits per heavy atom. The van der Waals surface area contributed by atoms with Gasteiger partial charge in [-0.25, -0.2) is 4.98 Å². The number of thiazole rings is 1. The van der Waals surface area contributed by atoms with Gasteiger partial charge < -0.3 is 5.73 Å². The molecule has 10 heavy (non-hydrogen) atoms. The van der Waals surface area contributed by atoms with Gasteiger partial charge in [0.05, 0.1) is 17.1 Å². The Morgan fingerprint density at radius 3 is 3.00 bits per heavy atom. The number of aromatic nitrogens is 1. The summed E-state index contributed by atoms with van der Waals surface area (Å²) in [6, 6.07) is 0. The predicted molar refractivity (Wildman–Crippen MR) is 39.7 cm³/mol. The first-order valence-corrected chi connectivity index (χ1v) is 3.83. The molecule has 0 aliphatic heterocycles. The number of hydrogen-bond acceptors (Lipinski definition) is 3. The average Bonchev–Trinajstić information content (AvgIpc) is 2.36. The summed E-state index contributed by atoms with van der Waals surface area (Å²) in [4.78, 5) is 14.5. The second-order valence-corrected chi connectivity index (χ2v) is 2.76. The summed E-state index contributed by atoms with van der Waals surface area (Å²) in [5.41, 5.74) is 7.50. The first-order chi connectivity index (χ1) is 4.72. The maximum Gasteiger partial charge on any atom is 0.226 e. The third kappa shape index (κ3) is 1.33. The van der Waals surface area contributed by atoms with Gasteiger partial charge in [0.25, 0.3) is 0 Å². The van der Waals surface area contributed by atoms with Gasteiger partial charge in [-0.05, 0) is 6.92 Å². The Labute approximate surface area is 62.9 Å². The predicted octanol–water partition coefficient (Wildman–Crippen LogP) is 0.732. The van der Waals surface area contributed by atoms with Crippen molar-refractivity contribution in [1.29, 1.82) is 0 Å². The van der Waals surface area contributed by atoms with Crippen molar-refractivity contribution >= 4 is 17.2 Å². The quantitative estimate of drug-likeness (QED) is 0.686. The number of amides is 1. The van der Waals surface area contributed by atoms with Crippen LogP contribution < -0.4 is 5.73 Å². The van der Waals surface area contributed by atoms with Crippen LogP contribution in [0.15, 0.2) is 10.9 Å². The molecule has 0 aliphatic rings. The number of primary amides is 1. The molecule has 0 spiro atoms. The van der Waals surface area contributed by atoms with Crippen LogP contribution in [0.2, 0.25) is 0 Å². The summed E-state index contributed by atoms with van der Waals surface area (Å²) in [7, 11) is 0. The third-order valence-corrected chi connectivity index (χ3v) is 1.93. The molecule has 0 aromatic carbocycles. The van der Waals surface area contributed by atoms with Crippen molar-refractivity contribution in [3.05, 3.63) is 16.6 Å². The van der Waals surface area contributed by atoms with E-state index in [9.17, 15) is 4.79 Å². The van der Waals surface area contributed by atoms with E-state index >= 15 is 0 Å². The molecule has 1 atom stereocenters. The van der Waals surface area contributed by atoms with E-state index in [4.69, 9.17) is 5.73 Å². The van der Waals surface area contributed by atoms with Crippen molar-refractivity contribution in [1.82, 2.24) is 4.98 Å². The first kappa shape index (κ1) is 7.21. The van der Waals surface area contributed by atoms with Crippen LogP contribution in [-0.2, 0) is 4.79 Å². The lowest BCUT2D eigenvalue weighted by Gasteiger charge is -2.00. The minimum Gasteiger partial charge on any atom is -0.369 e. The SMILES string of the molecule is CC(C(N)=O)c1cscn1. The van der Waals surface area contributed by atoms with Crippen molar-refractivity contribution in [3.63, 3.8) is 0 Å². The lowest BCUT2D eigenvalue weighted by molar-refractivity contribution is -0.119. The zero-order valence-electron chi connectivity index (χ0n) is 5.57. The van der Waals surface area contributed by atoms with E-state index in [1.54, 1.807) is 12.4 Å². The van der Waals surface area contributed by atoms with E-state index in [0.29, 0.717) is 0 Å². The highest BCUT2D eigenvalue weighted by molar-refractivity contribution is 7.07. The summed E-state index contributed by atoms with van der Waals surface area (Å²) in [5, 5.41) is 1.83. The molecular weight excluding hydrogens is 148 g/mol. The highest BCUT2D eigenvalue weighted by Gasteiger charge is 2.12. The Kier molecular flexibility index (Phi) is 2.01. The number of nitrogens with two attached hydrogens (primary N) is 1. The molecule has 0 bridgehead atoms. The largest absolute Gasteiger partial charge is 0.369 e. The van der Waals surface area contributed by atoms with Gasteiger partial charge in [-0.3, -0.25) is 4.79 Å². The molecule has 1 rings (SSSR count). The zero-order chi connectivity index (χ0) is 7.56.